The van der Waals surface area contributed by atoms with Crippen molar-refractivity contribution in [2.45, 2.75) is 80.5 Å². The van der Waals surface area contributed by atoms with Gasteiger partial charge in [0.2, 0.25) is 5.91 Å². The molecule has 2 heterocycles. The summed E-state index contributed by atoms with van der Waals surface area (Å²) >= 11 is 1.94. The van der Waals surface area contributed by atoms with E-state index in [2.05, 4.69) is 46.3 Å². The van der Waals surface area contributed by atoms with Gasteiger partial charge in [-0.2, -0.15) is 11.8 Å². The normalized spacial score (nSPS) is 27.7. The molecule has 0 spiro atoms. The van der Waals surface area contributed by atoms with E-state index in [1.165, 1.54) is 37.7 Å². The van der Waals surface area contributed by atoms with Gasteiger partial charge in [-0.05, 0) is 31.2 Å². The van der Waals surface area contributed by atoms with Crippen LogP contribution in [0.15, 0.2) is 30.3 Å². The van der Waals surface area contributed by atoms with Crippen molar-refractivity contribution in [2.75, 3.05) is 12.3 Å². The van der Waals surface area contributed by atoms with Gasteiger partial charge in [-0.15, -0.1) is 0 Å². The van der Waals surface area contributed by atoms with Crippen molar-refractivity contribution < 1.29 is 9.59 Å². The van der Waals surface area contributed by atoms with Gasteiger partial charge in [-0.25, -0.2) is 4.79 Å². The smallest absolute Gasteiger partial charge is 0.315 e. The van der Waals surface area contributed by atoms with Crippen LogP contribution in [0.2, 0.25) is 0 Å². The van der Waals surface area contributed by atoms with Crippen LogP contribution in [0.1, 0.15) is 63.4 Å². The maximum atomic E-state index is 12.5. The number of fused-ring (bicyclic) bond motifs is 1. The van der Waals surface area contributed by atoms with E-state index in [-0.39, 0.29) is 29.4 Å². The number of amides is 3. The van der Waals surface area contributed by atoms with E-state index in [9.17, 15) is 9.59 Å². The zero-order chi connectivity index (χ0) is 20.1. The Morgan fingerprint density at radius 2 is 1.90 bits per heavy atom. The second-order valence-corrected chi connectivity index (χ2v) is 10.1. The molecular weight excluding hydrogens is 382 g/mol. The highest BCUT2D eigenvalue weighted by Crippen LogP contribution is 2.39. The Kier molecular flexibility index (Phi) is 6.68. The molecule has 2 saturated heterocycles. The van der Waals surface area contributed by atoms with Gasteiger partial charge in [-0.3, -0.25) is 4.79 Å². The summed E-state index contributed by atoms with van der Waals surface area (Å²) in [5.41, 5.74) is 1.48. The van der Waals surface area contributed by atoms with Crippen LogP contribution in [0.3, 0.4) is 0 Å². The molecule has 1 aliphatic carbocycles. The van der Waals surface area contributed by atoms with Crippen LogP contribution in [-0.2, 0) is 10.2 Å². The van der Waals surface area contributed by atoms with Crippen molar-refractivity contribution in [2.24, 2.45) is 0 Å². The molecule has 2 aliphatic heterocycles. The summed E-state index contributed by atoms with van der Waals surface area (Å²) in [6.07, 6.45) is 9.75. The molecule has 3 N–H and O–H groups in total. The first kappa shape index (κ1) is 20.6. The first-order valence-corrected chi connectivity index (χ1v) is 12.2. The maximum Gasteiger partial charge on any atom is 0.315 e. The van der Waals surface area contributed by atoms with Crippen LogP contribution in [-0.4, -0.2) is 41.6 Å². The summed E-state index contributed by atoms with van der Waals surface area (Å²) in [5, 5.41) is 9.76. The van der Waals surface area contributed by atoms with E-state index >= 15 is 0 Å². The fourth-order valence-corrected chi connectivity index (χ4v) is 6.76. The minimum Gasteiger partial charge on any atom is -0.355 e. The number of carbonyl (C=O) groups is 2. The second kappa shape index (κ2) is 9.41. The monoisotopic (exact) mass is 415 g/mol. The predicted octanol–water partition coefficient (Wildman–Crippen LogP) is 3.73. The molecule has 0 unspecified atom stereocenters. The highest BCUT2D eigenvalue weighted by molar-refractivity contribution is 8.00. The molecular formula is C23H33N3O2S. The lowest BCUT2D eigenvalue weighted by atomic mass is 9.69. The molecule has 0 bridgehead atoms. The third kappa shape index (κ3) is 4.90. The summed E-state index contributed by atoms with van der Waals surface area (Å²) in [7, 11) is 0. The molecule has 6 heteroatoms. The zero-order valence-corrected chi connectivity index (χ0v) is 17.9. The third-order valence-corrected chi connectivity index (χ3v) is 8.41. The average Bonchev–Trinajstić information content (AvgIpc) is 3.30. The van der Waals surface area contributed by atoms with Crippen molar-refractivity contribution in [3.05, 3.63) is 35.9 Å². The van der Waals surface area contributed by atoms with E-state index in [1.807, 2.05) is 11.8 Å². The molecule has 0 aromatic heterocycles. The van der Waals surface area contributed by atoms with Gasteiger partial charge in [0.1, 0.15) is 0 Å². The molecule has 3 aliphatic rings. The molecule has 3 amide bonds. The lowest BCUT2D eigenvalue weighted by Gasteiger charge is -2.38. The van der Waals surface area contributed by atoms with Crippen molar-refractivity contribution in [1.29, 1.82) is 0 Å². The fourth-order valence-electron chi connectivity index (χ4n) is 5.22. The van der Waals surface area contributed by atoms with Crippen molar-refractivity contribution >= 4 is 23.7 Å². The van der Waals surface area contributed by atoms with Crippen LogP contribution in [0.25, 0.3) is 0 Å². The molecule has 158 valence electrons. The van der Waals surface area contributed by atoms with Gasteiger partial charge in [0.25, 0.3) is 0 Å². The van der Waals surface area contributed by atoms with Crippen LogP contribution >= 0.6 is 11.8 Å². The molecule has 3 atom stereocenters. The van der Waals surface area contributed by atoms with Gasteiger partial charge in [0.15, 0.2) is 0 Å². The SMILES string of the molecule is O=C(CCCC[C@@H]1SC[C@@H]2NC(=O)N[C@@H]21)NCC1(c2ccccc2)CCCCC1. The van der Waals surface area contributed by atoms with Gasteiger partial charge < -0.3 is 16.0 Å². The van der Waals surface area contributed by atoms with E-state index in [1.54, 1.807) is 0 Å². The third-order valence-electron chi connectivity index (χ3n) is 6.90. The number of benzene rings is 1. The summed E-state index contributed by atoms with van der Waals surface area (Å²) in [4.78, 5) is 24.0. The largest absolute Gasteiger partial charge is 0.355 e. The molecule has 1 aromatic carbocycles. The summed E-state index contributed by atoms with van der Waals surface area (Å²) in [6, 6.07) is 11.3. The molecule has 3 fully saturated rings. The molecule has 1 aromatic rings. The van der Waals surface area contributed by atoms with Crippen LogP contribution in [0, 0.1) is 0 Å². The molecule has 5 nitrogen and oxygen atoms in total. The number of thioether (sulfide) groups is 1. The molecule has 4 rings (SSSR count). The number of hydrogen-bond acceptors (Lipinski definition) is 3. The van der Waals surface area contributed by atoms with Crippen molar-refractivity contribution in [3.8, 4) is 0 Å². The Balaban J connectivity index is 1.20. The zero-order valence-electron chi connectivity index (χ0n) is 17.1. The van der Waals surface area contributed by atoms with Crippen LogP contribution in [0.4, 0.5) is 4.79 Å². The summed E-state index contributed by atoms with van der Waals surface area (Å²) < 4.78 is 0. The predicted molar refractivity (Wildman–Crippen MR) is 118 cm³/mol. The number of rotatable bonds is 8. The highest BCUT2D eigenvalue weighted by atomic mass is 32.2. The standard InChI is InChI=1S/C23H33N3O2S/c27-20(12-6-5-11-19-21-18(15-29-19)25-22(28)26-21)24-16-23(13-7-2-8-14-23)17-9-3-1-4-10-17/h1,3-4,9-10,18-19,21H,2,5-8,11-16H2,(H,24,27)(H2,25,26,28)/t18-,19-,21-/m0/s1. The fraction of sp³-hybridized carbons (Fsp3) is 0.652. The van der Waals surface area contributed by atoms with E-state index in [0.29, 0.717) is 11.7 Å². The van der Waals surface area contributed by atoms with E-state index < -0.39 is 0 Å². The minimum absolute atomic E-state index is 0.0280. The molecule has 0 radical (unpaired) electrons. The topological polar surface area (TPSA) is 70.2 Å². The molecule has 29 heavy (non-hydrogen) atoms. The van der Waals surface area contributed by atoms with Crippen molar-refractivity contribution in [1.82, 2.24) is 16.0 Å². The van der Waals surface area contributed by atoms with Gasteiger partial charge in [0.05, 0.1) is 12.1 Å². The number of unbranched alkanes of at least 4 members (excludes halogenated alkanes) is 1. The van der Waals surface area contributed by atoms with Crippen LogP contribution < -0.4 is 16.0 Å². The summed E-state index contributed by atoms with van der Waals surface area (Å²) in [6.45, 7) is 0.760. The average molecular weight is 416 g/mol. The Morgan fingerprint density at radius 3 is 2.69 bits per heavy atom. The Morgan fingerprint density at radius 1 is 1.10 bits per heavy atom. The number of hydrogen-bond donors (Lipinski definition) is 3. The summed E-state index contributed by atoms with van der Waals surface area (Å²) in [5.74, 6) is 1.18. The number of carbonyl (C=O) groups excluding carboxylic acids is 2. The van der Waals surface area contributed by atoms with Gasteiger partial charge in [-0.1, -0.05) is 56.0 Å². The lowest BCUT2D eigenvalue weighted by molar-refractivity contribution is -0.121. The number of urea groups is 1. The first-order valence-electron chi connectivity index (χ1n) is 11.2. The Bertz CT molecular complexity index is 705. The van der Waals surface area contributed by atoms with E-state index in [0.717, 1.165) is 31.6 Å². The minimum atomic E-state index is -0.0280. The van der Waals surface area contributed by atoms with Crippen molar-refractivity contribution in [3.63, 3.8) is 0 Å². The van der Waals surface area contributed by atoms with Gasteiger partial charge >= 0.3 is 6.03 Å². The van der Waals surface area contributed by atoms with Gasteiger partial charge in [0, 0.05) is 29.4 Å². The number of nitrogens with one attached hydrogen (secondary N) is 3. The Labute approximate surface area is 178 Å². The highest BCUT2D eigenvalue weighted by Gasteiger charge is 2.42. The quantitative estimate of drug-likeness (QED) is 0.448. The second-order valence-electron chi connectivity index (χ2n) is 8.85. The lowest BCUT2D eigenvalue weighted by Crippen LogP contribution is -2.42. The maximum absolute atomic E-state index is 12.5. The van der Waals surface area contributed by atoms with Crippen LogP contribution in [0.5, 0.6) is 0 Å². The molecule has 1 saturated carbocycles. The first-order chi connectivity index (χ1) is 14.2. The van der Waals surface area contributed by atoms with E-state index in [4.69, 9.17) is 0 Å². The Hall–Kier alpha value is -1.69.